The predicted molar refractivity (Wildman–Crippen MR) is 86.0 cm³/mol. The number of hydrogen-bond acceptors (Lipinski definition) is 2. The Hall–Kier alpha value is -2.05. The molecule has 3 heteroatoms. The van der Waals surface area contributed by atoms with Crippen LogP contribution in [0.5, 0.6) is 0 Å². The summed E-state index contributed by atoms with van der Waals surface area (Å²) in [5.41, 5.74) is 4.45. The van der Waals surface area contributed by atoms with Gasteiger partial charge in [-0.3, -0.25) is 0 Å². The maximum atomic E-state index is 8.93. The van der Waals surface area contributed by atoms with Crippen LogP contribution in [0.1, 0.15) is 36.2 Å². The minimum atomic E-state index is 0.661. The number of nitriles is 1. The van der Waals surface area contributed by atoms with Gasteiger partial charge in [0.15, 0.2) is 0 Å². The molecule has 0 fully saturated rings. The van der Waals surface area contributed by atoms with Gasteiger partial charge in [0, 0.05) is 25.0 Å². The third-order valence-electron chi connectivity index (χ3n) is 3.59. The number of nitrogens with one attached hydrogen (secondary N) is 1. The van der Waals surface area contributed by atoms with Crippen molar-refractivity contribution >= 4 is 0 Å². The average molecular weight is 281 g/mol. The molecule has 1 aromatic heterocycles. The van der Waals surface area contributed by atoms with Gasteiger partial charge in [0.25, 0.3) is 0 Å². The molecule has 0 bridgehead atoms. The SMILES string of the molecule is Cc1cc(C#N)ccc1Cn1cccc1CNCC(C)C. The van der Waals surface area contributed by atoms with Crippen LogP contribution >= 0.6 is 0 Å². The Morgan fingerprint density at radius 3 is 2.76 bits per heavy atom. The van der Waals surface area contributed by atoms with E-state index in [0.717, 1.165) is 25.2 Å². The van der Waals surface area contributed by atoms with E-state index in [1.54, 1.807) is 0 Å². The zero-order chi connectivity index (χ0) is 15.2. The van der Waals surface area contributed by atoms with Gasteiger partial charge < -0.3 is 9.88 Å². The fourth-order valence-corrected chi connectivity index (χ4v) is 2.38. The van der Waals surface area contributed by atoms with Crippen LogP contribution in [0, 0.1) is 24.2 Å². The molecule has 110 valence electrons. The summed E-state index contributed by atoms with van der Waals surface area (Å²) in [4.78, 5) is 0. The van der Waals surface area contributed by atoms with Crippen molar-refractivity contribution in [3.63, 3.8) is 0 Å². The largest absolute Gasteiger partial charge is 0.346 e. The van der Waals surface area contributed by atoms with Crippen molar-refractivity contribution in [3.05, 3.63) is 58.9 Å². The van der Waals surface area contributed by atoms with Gasteiger partial charge in [-0.05, 0) is 54.8 Å². The highest BCUT2D eigenvalue weighted by Gasteiger charge is 2.05. The second-order valence-corrected chi connectivity index (χ2v) is 5.91. The van der Waals surface area contributed by atoms with Gasteiger partial charge in [-0.15, -0.1) is 0 Å². The fourth-order valence-electron chi connectivity index (χ4n) is 2.38. The Labute approximate surface area is 127 Å². The maximum absolute atomic E-state index is 8.93. The van der Waals surface area contributed by atoms with Gasteiger partial charge in [0.05, 0.1) is 11.6 Å². The molecule has 0 aliphatic heterocycles. The normalized spacial score (nSPS) is 10.8. The standard InChI is InChI=1S/C18H23N3/c1-14(2)11-20-12-18-5-4-8-21(18)13-17-7-6-16(10-19)9-15(17)3/h4-9,14,20H,11-13H2,1-3H3. The molecule has 0 aliphatic carbocycles. The van der Waals surface area contributed by atoms with Crippen LogP contribution in [-0.2, 0) is 13.1 Å². The molecule has 2 aromatic rings. The minimum absolute atomic E-state index is 0.661. The second-order valence-electron chi connectivity index (χ2n) is 5.91. The van der Waals surface area contributed by atoms with E-state index < -0.39 is 0 Å². The molecule has 1 heterocycles. The van der Waals surface area contributed by atoms with Crippen molar-refractivity contribution in [3.8, 4) is 6.07 Å². The van der Waals surface area contributed by atoms with Crippen LogP contribution < -0.4 is 5.32 Å². The van der Waals surface area contributed by atoms with Crippen molar-refractivity contribution < 1.29 is 0 Å². The Balaban J connectivity index is 2.07. The molecule has 0 saturated heterocycles. The van der Waals surface area contributed by atoms with Crippen LogP contribution in [0.15, 0.2) is 36.5 Å². The van der Waals surface area contributed by atoms with Crippen LogP contribution in [0.3, 0.4) is 0 Å². The topological polar surface area (TPSA) is 40.8 Å². The number of hydrogen-bond donors (Lipinski definition) is 1. The molecule has 0 atom stereocenters. The predicted octanol–water partition coefficient (Wildman–Crippen LogP) is 3.46. The molecule has 1 aromatic carbocycles. The van der Waals surface area contributed by atoms with Gasteiger partial charge in [0.2, 0.25) is 0 Å². The number of nitrogens with zero attached hydrogens (tertiary/aromatic N) is 2. The first-order chi connectivity index (χ1) is 10.1. The van der Waals surface area contributed by atoms with Crippen molar-refractivity contribution in [2.24, 2.45) is 5.92 Å². The molecular weight excluding hydrogens is 258 g/mol. The fraction of sp³-hybridized carbons (Fsp3) is 0.389. The Morgan fingerprint density at radius 2 is 2.10 bits per heavy atom. The van der Waals surface area contributed by atoms with E-state index in [0.29, 0.717) is 5.92 Å². The van der Waals surface area contributed by atoms with Crippen LogP contribution in [-0.4, -0.2) is 11.1 Å². The smallest absolute Gasteiger partial charge is 0.0991 e. The first-order valence-electron chi connectivity index (χ1n) is 7.44. The molecule has 0 radical (unpaired) electrons. The van der Waals surface area contributed by atoms with E-state index >= 15 is 0 Å². The van der Waals surface area contributed by atoms with E-state index in [9.17, 15) is 0 Å². The molecule has 0 amide bonds. The highest BCUT2D eigenvalue weighted by atomic mass is 15.0. The van der Waals surface area contributed by atoms with Crippen molar-refractivity contribution in [2.75, 3.05) is 6.54 Å². The molecule has 0 aliphatic rings. The summed E-state index contributed by atoms with van der Waals surface area (Å²) in [7, 11) is 0. The van der Waals surface area contributed by atoms with Crippen LogP contribution in [0.25, 0.3) is 0 Å². The third-order valence-corrected chi connectivity index (χ3v) is 3.59. The summed E-state index contributed by atoms with van der Waals surface area (Å²) >= 11 is 0. The van der Waals surface area contributed by atoms with Gasteiger partial charge in [-0.25, -0.2) is 0 Å². The van der Waals surface area contributed by atoms with Gasteiger partial charge >= 0.3 is 0 Å². The lowest BCUT2D eigenvalue weighted by atomic mass is 10.1. The number of aromatic nitrogens is 1. The summed E-state index contributed by atoms with van der Waals surface area (Å²) in [6, 6.07) is 12.3. The average Bonchev–Trinajstić information content (AvgIpc) is 2.88. The maximum Gasteiger partial charge on any atom is 0.0991 e. The third kappa shape index (κ3) is 4.21. The van der Waals surface area contributed by atoms with Crippen molar-refractivity contribution in [1.82, 2.24) is 9.88 Å². The van der Waals surface area contributed by atoms with Crippen LogP contribution in [0.2, 0.25) is 0 Å². The minimum Gasteiger partial charge on any atom is -0.346 e. The van der Waals surface area contributed by atoms with E-state index in [1.807, 2.05) is 12.1 Å². The molecular formula is C18H23N3. The quantitative estimate of drug-likeness (QED) is 0.881. The highest BCUT2D eigenvalue weighted by Crippen LogP contribution is 2.14. The van der Waals surface area contributed by atoms with E-state index in [-0.39, 0.29) is 0 Å². The lowest BCUT2D eigenvalue weighted by Crippen LogP contribution is -2.21. The Morgan fingerprint density at radius 1 is 1.29 bits per heavy atom. The summed E-state index contributed by atoms with van der Waals surface area (Å²) in [6.45, 7) is 9.26. The molecule has 0 saturated carbocycles. The Kier molecular flexibility index (Phi) is 5.19. The van der Waals surface area contributed by atoms with E-state index in [4.69, 9.17) is 5.26 Å². The van der Waals surface area contributed by atoms with Gasteiger partial charge in [-0.2, -0.15) is 5.26 Å². The first kappa shape index (κ1) is 15.3. The second kappa shape index (κ2) is 7.10. The van der Waals surface area contributed by atoms with Crippen LogP contribution in [0.4, 0.5) is 0 Å². The zero-order valence-corrected chi connectivity index (χ0v) is 13.1. The summed E-state index contributed by atoms with van der Waals surface area (Å²) in [5.74, 6) is 0.661. The monoisotopic (exact) mass is 281 g/mol. The van der Waals surface area contributed by atoms with E-state index in [2.05, 4.69) is 61.1 Å². The molecule has 0 spiro atoms. The number of aryl methyl sites for hydroxylation is 1. The lowest BCUT2D eigenvalue weighted by molar-refractivity contribution is 0.539. The first-order valence-corrected chi connectivity index (χ1v) is 7.44. The summed E-state index contributed by atoms with van der Waals surface area (Å²) in [6.07, 6.45) is 2.12. The number of benzene rings is 1. The molecule has 0 unspecified atom stereocenters. The molecule has 2 rings (SSSR count). The molecule has 3 nitrogen and oxygen atoms in total. The summed E-state index contributed by atoms with van der Waals surface area (Å²) in [5, 5.41) is 12.4. The van der Waals surface area contributed by atoms with Gasteiger partial charge in [-0.1, -0.05) is 19.9 Å². The Bertz CT molecular complexity index is 632. The van der Waals surface area contributed by atoms with Gasteiger partial charge in [0.1, 0.15) is 0 Å². The molecule has 1 N–H and O–H groups in total. The lowest BCUT2D eigenvalue weighted by Gasteiger charge is -2.13. The molecule has 21 heavy (non-hydrogen) atoms. The van der Waals surface area contributed by atoms with Crippen molar-refractivity contribution in [1.29, 1.82) is 5.26 Å². The summed E-state index contributed by atoms with van der Waals surface area (Å²) < 4.78 is 2.27. The highest BCUT2D eigenvalue weighted by molar-refractivity contribution is 5.37. The number of rotatable bonds is 6. The zero-order valence-electron chi connectivity index (χ0n) is 13.1. The van der Waals surface area contributed by atoms with Crippen molar-refractivity contribution in [2.45, 2.75) is 33.9 Å². The van der Waals surface area contributed by atoms with E-state index in [1.165, 1.54) is 16.8 Å².